The molecule has 1 heterocycles. The van der Waals surface area contributed by atoms with E-state index in [2.05, 4.69) is 20.9 Å². The van der Waals surface area contributed by atoms with Crippen LogP contribution in [-0.2, 0) is 5.88 Å². The minimum atomic E-state index is 0.411. The van der Waals surface area contributed by atoms with Gasteiger partial charge in [-0.1, -0.05) is 15.9 Å². The van der Waals surface area contributed by atoms with Crippen LogP contribution in [0.5, 0.6) is 11.5 Å². The van der Waals surface area contributed by atoms with Crippen LogP contribution in [0.2, 0.25) is 0 Å². The molecule has 0 atom stereocenters. The van der Waals surface area contributed by atoms with E-state index in [9.17, 15) is 0 Å². The Hall–Kier alpha value is -1.06. The molecule has 0 spiro atoms. The van der Waals surface area contributed by atoms with Gasteiger partial charge in [0.05, 0.1) is 12.1 Å². The predicted octanol–water partition coefficient (Wildman–Crippen LogP) is 4.38. The van der Waals surface area contributed by atoms with Gasteiger partial charge in [-0.25, -0.2) is 0 Å². The Balaban J connectivity index is 2.23. The lowest BCUT2D eigenvalue weighted by molar-refractivity contribution is 0.476. The van der Waals surface area contributed by atoms with Crippen molar-refractivity contribution < 1.29 is 4.74 Å². The molecule has 1 aromatic carbocycles. The lowest BCUT2D eigenvalue weighted by Crippen LogP contribution is -1.90. The number of ether oxygens (including phenoxy) is 1. The Labute approximate surface area is 107 Å². The Bertz CT molecular complexity index is 473. The zero-order valence-corrected chi connectivity index (χ0v) is 10.7. The maximum absolute atomic E-state index is 5.81. The molecule has 0 aliphatic carbocycles. The van der Waals surface area contributed by atoms with Gasteiger partial charge in [0.25, 0.3) is 0 Å². The summed E-state index contributed by atoms with van der Waals surface area (Å²) in [4.78, 5) is 4.01. The quantitative estimate of drug-likeness (QED) is 0.785. The second-order valence-electron chi connectivity index (χ2n) is 3.17. The molecule has 82 valence electrons. The highest BCUT2D eigenvalue weighted by atomic mass is 79.9. The van der Waals surface area contributed by atoms with Crippen molar-refractivity contribution in [3.8, 4) is 11.5 Å². The molecule has 0 amide bonds. The number of pyridine rings is 1. The molecule has 2 rings (SSSR count). The molecular formula is C12H9BrClNO. The van der Waals surface area contributed by atoms with Crippen LogP contribution in [0.3, 0.4) is 0 Å². The number of hydrogen-bond acceptors (Lipinski definition) is 2. The SMILES string of the molecule is ClCc1ccncc1Oc1ccc(Br)cc1. The Morgan fingerprint density at radius 2 is 1.94 bits per heavy atom. The van der Waals surface area contributed by atoms with Gasteiger partial charge in [-0.2, -0.15) is 0 Å². The molecule has 0 unspecified atom stereocenters. The number of hydrogen-bond donors (Lipinski definition) is 0. The Kier molecular flexibility index (Phi) is 3.80. The highest BCUT2D eigenvalue weighted by Crippen LogP contribution is 2.26. The van der Waals surface area contributed by atoms with Crippen molar-refractivity contribution in [1.82, 2.24) is 4.98 Å². The van der Waals surface area contributed by atoms with Gasteiger partial charge in [0.1, 0.15) is 11.5 Å². The number of alkyl halides is 1. The van der Waals surface area contributed by atoms with Crippen LogP contribution in [0.25, 0.3) is 0 Å². The standard InChI is InChI=1S/C12H9BrClNO/c13-10-1-3-11(4-2-10)16-12-8-15-6-5-9(12)7-14/h1-6,8H,7H2. The average molecular weight is 299 g/mol. The molecule has 1 aromatic heterocycles. The molecule has 0 N–H and O–H groups in total. The van der Waals surface area contributed by atoms with E-state index in [1.807, 2.05) is 30.3 Å². The fourth-order valence-corrected chi connectivity index (χ4v) is 1.73. The van der Waals surface area contributed by atoms with Crippen LogP contribution >= 0.6 is 27.5 Å². The van der Waals surface area contributed by atoms with Crippen molar-refractivity contribution in [1.29, 1.82) is 0 Å². The first-order chi connectivity index (χ1) is 7.79. The van der Waals surface area contributed by atoms with E-state index in [0.717, 1.165) is 15.8 Å². The van der Waals surface area contributed by atoms with Crippen LogP contribution in [0.4, 0.5) is 0 Å². The predicted molar refractivity (Wildman–Crippen MR) is 68.0 cm³/mol. The molecule has 2 nitrogen and oxygen atoms in total. The van der Waals surface area contributed by atoms with Crippen molar-refractivity contribution in [2.45, 2.75) is 5.88 Å². The number of rotatable bonds is 3. The van der Waals surface area contributed by atoms with E-state index < -0.39 is 0 Å². The van der Waals surface area contributed by atoms with Gasteiger partial charge in [-0.15, -0.1) is 11.6 Å². The lowest BCUT2D eigenvalue weighted by atomic mass is 10.3. The molecule has 16 heavy (non-hydrogen) atoms. The zero-order valence-electron chi connectivity index (χ0n) is 8.36. The molecule has 0 fully saturated rings. The first-order valence-electron chi connectivity index (χ1n) is 4.72. The third-order valence-corrected chi connectivity index (χ3v) is 2.87. The number of halogens is 2. The first-order valence-corrected chi connectivity index (χ1v) is 6.04. The molecular weight excluding hydrogens is 289 g/mol. The van der Waals surface area contributed by atoms with E-state index in [1.165, 1.54) is 0 Å². The molecule has 2 aromatic rings. The third kappa shape index (κ3) is 2.74. The number of aromatic nitrogens is 1. The van der Waals surface area contributed by atoms with Gasteiger partial charge in [0.15, 0.2) is 0 Å². The zero-order chi connectivity index (χ0) is 11.4. The third-order valence-electron chi connectivity index (χ3n) is 2.06. The normalized spacial score (nSPS) is 10.1. The highest BCUT2D eigenvalue weighted by Gasteiger charge is 2.03. The maximum Gasteiger partial charge on any atom is 0.150 e. The average Bonchev–Trinajstić information content (AvgIpc) is 2.33. The summed E-state index contributed by atoms with van der Waals surface area (Å²) in [5, 5.41) is 0. The summed E-state index contributed by atoms with van der Waals surface area (Å²) in [5.41, 5.74) is 0.930. The lowest BCUT2D eigenvalue weighted by Gasteiger charge is -2.08. The van der Waals surface area contributed by atoms with Crippen LogP contribution < -0.4 is 4.74 Å². The molecule has 0 aliphatic heterocycles. The van der Waals surface area contributed by atoms with Gasteiger partial charge < -0.3 is 4.74 Å². The van der Waals surface area contributed by atoms with E-state index in [-0.39, 0.29) is 0 Å². The van der Waals surface area contributed by atoms with E-state index in [1.54, 1.807) is 12.4 Å². The summed E-state index contributed by atoms with van der Waals surface area (Å²) in [7, 11) is 0. The summed E-state index contributed by atoms with van der Waals surface area (Å²) in [6, 6.07) is 9.46. The van der Waals surface area contributed by atoms with Crippen LogP contribution in [0.15, 0.2) is 47.2 Å². The van der Waals surface area contributed by atoms with Gasteiger partial charge in [0.2, 0.25) is 0 Å². The summed E-state index contributed by atoms with van der Waals surface area (Å²) in [5.74, 6) is 1.87. The van der Waals surface area contributed by atoms with Gasteiger partial charge in [-0.05, 0) is 30.3 Å². The molecule has 0 saturated carbocycles. The van der Waals surface area contributed by atoms with Crippen LogP contribution in [-0.4, -0.2) is 4.98 Å². The Morgan fingerprint density at radius 1 is 1.19 bits per heavy atom. The van der Waals surface area contributed by atoms with Gasteiger partial charge in [-0.3, -0.25) is 4.98 Å². The second kappa shape index (κ2) is 5.32. The minimum absolute atomic E-state index is 0.411. The topological polar surface area (TPSA) is 22.1 Å². The summed E-state index contributed by atoms with van der Waals surface area (Å²) in [6.45, 7) is 0. The molecule has 0 saturated heterocycles. The maximum atomic E-state index is 5.81. The van der Waals surface area contributed by atoms with Crippen molar-refractivity contribution in [3.63, 3.8) is 0 Å². The summed E-state index contributed by atoms with van der Waals surface area (Å²) in [6.07, 6.45) is 3.37. The van der Waals surface area contributed by atoms with Gasteiger partial charge >= 0.3 is 0 Å². The Morgan fingerprint density at radius 3 is 2.62 bits per heavy atom. The molecule has 0 aliphatic rings. The summed E-state index contributed by atoms with van der Waals surface area (Å²) >= 11 is 9.18. The van der Waals surface area contributed by atoms with E-state index in [0.29, 0.717) is 11.6 Å². The van der Waals surface area contributed by atoms with E-state index >= 15 is 0 Å². The van der Waals surface area contributed by atoms with Crippen molar-refractivity contribution >= 4 is 27.5 Å². The second-order valence-corrected chi connectivity index (χ2v) is 4.36. The van der Waals surface area contributed by atoms with E-state index in [4.69, 9.17) is 16.3 Å². The summed E-state index contributed by atoms with van der Waals surface area (Å²) < 4.78 is 6.70. The van der Waals surface area contributed by atoms with Crippen molar-refractivity contribution in [2.24, 2.45) is 0 Å². The molecule has 4 heteroatoms. The fourth-order valence-electron chi connectivity index (χ4n) is 1.24. The fraction of sp³-hybridized carbons (Fsp3) is 0.0833. The van der Waals surface area contributed by atoms with Crippen LogP contribution in [0, 0.1) is 0 Å². The number of benzene rings is 1. The first kappa shape index (κ1) is 11.4. The van der Waals surface area contributed by atoms with Crippen molar-refractivity contribution in [3.05, 3.63) is 52.8 Å². The monoisotopic (exact) mass is 297 g/mol. The highest BCUT2D eigenvalue weighted by molar-refractivity contribution is 9.10. The smallest absolute Gasteiger partial charge is 0.150 e. The molecule has 0 radical (unpaired) electrons. The number of nitrogens with zero attached hydrogens (tertiary/aromatic N) is 1. The largest absolute Gasteiger partial charge is 0.455 e. The van der Waals surface area contributed by atoms with Crippen molar-refractivity contribution in [2.75, 3.05) is 0 Å². The minimum Gasteiger partial charge on any atom is -0.455 e. The van der Waals surface area contributed by atoms with Gasteiger partial charge in [0, 0.05) is 16.2 Å². The molecule has 0 bridgehead atoms. The van der Waals surface area contributed by atoms with Crippen LogP contribution in [0.1, 0.15) is 5.56 Å².